The van der Waals surface area contributed by atoms with E-state index in [-0.39, 0.29) is 17.5 Å². The number of hydrogen-bond donors (Lipinski definition) is 1. The van der Waals surface area contributed by atoms with E-state index in [0.717, 1.165) is 11.8 Å². The zero-order valence-electron chi connectivity index (χ0n) is 14.3. The van der Waals surface area contributed by atoms with Gasteiger partial charge in [0.2, 0.25) is 5.91 Å². The van der Waals surface area contributed by atoms with E-state index < -0.39 is 29.8 Å². The maximum atomic E-state index is 12.6. The molecule has 0 aliphatic carbocycles. The van der Waals surface area contributed by atoms with Crippen LogP contribution in [0.4, 0.5) is 18.9 Å². The Balaban J connectivity index is 2.81. The number of halogens is 4. The lowest BCUT2D eigenvalue weighted by atomic mass is 10.2. The summed E-state index contributed by atoms with van der Waals surface area (Å²) in [4.78, 5) is 22.0. The highest BCUT2D eigenvalue weighted by Gasteiger charge is 2.30. The molecule has 0 spiro atoms. The number of aliphatic imine (C=N–C) groups is 1. The van der Waals surface area contributed by atoms with Gasteiger partial charge in [0, 0.05) is 24.7 Å². The van der Waals surface area contributed by atoms with Crippen molar-refractivity contribution in [2.75, 3.05) is 12.3 Å². The topological polar surface area (TPSA) is 69.4 Å². The van der Waals surface area contributed by atoms with Crippen LogP contribution < -0.4 is 0 Å². The standard InChI is InChI=1S/C16H20ClF3N4OS/c1-3-24(15(25)11(2)26-8-6-16(18,19)20)13(14(17)21)10-23-12-5-4-7-22-9-12/h4-5,7,9-11,13,21H,3,6,8H2,1-2H3. The van der Waals surface area contributed by atoms with Crippen molar-refractivity contribution in [1.82, 2.24) is 9.88 Å². The molecule has 2 atom stereocenters. The molecule has 0 aliphatic heterocycles. The summed E-state index contributed by atoms with van der Waals surface area (Å²) in [6.07, 6.45) is -0.752. The Hall–Kier alpha value is -1.61. The van der Waals surface area contributed by atoms with Crippen LogP contribution in [0.5, 0.6) is 0 Å². The second-order valence-electron chi connectivity index (χ2n) is 5.28. The molecule has 0 saturated carbocycles. The molecule has 5 nitrogen and oxygen atoms in total. The van der Waals surface area contributed by atoms with Crippen molar-refractivity contribution in [3.63, 3.8) is 0 Å². The number of pyridine rings is 1. The van der Waals surface area contributed by atoms with Crippen LogP contribution in [0.25, 0.3) is 0 Å². The van der Waals surface area contributed by atoms with Crippen LogP contribution >= 0.6 is 23.4 Å². The highest BCUT2D eigenvalue weighted by atomic mass is 35.5. The molecule has 144 valence electrons. The molecule has 1 rings (SSSR count). The maximum Gasteiger partial charge on any atom is 0.389 e. The lowest BCUT2D eigenvalue weighted by Gasteiger charge is -2.29. The molecular formula is C16H20ClF3N4OS. The number of carbonyl (C=O) groups excluding carboxylic acids is 1. The second kappa shape index (κ2) is 10.5. The Bertz CT molecular complexity index is 628. The third-order valence-electron chi connectivity index (χ3n) is 3.33. The quantitative estimate of drug-likeness (QED) is 0.619. The fourth-order valence-electron chi connectivity index (χ4n) is 2.02. The minimum Gasteiger partial charge on any atom is -0.327 e. The van der Waals surface area contributed by atoms with E-state index in [2.05, 4.69) is 9.98 Å². The van der Waals surface area contributed by atoms with Crippen molar-refractivity contribution in [3.05, 3.63) is 24.5 Å². The van der Waals surface area contributed by atoms with Gasteiger partial charge in [0.15, 0.2) is 0 Å². The zero-order chi connectivity index (χ0) is 19.7. The van der Waals surface area contributed by atoms with Gasteiger partial charge in [-0.15, -0.1) is 11.8 Å². The molecule has 1 amide bonds. The van der Waals surface area contributed by atoms with Gasteiger partial charge in [0.1, 0.15) is 11.2 Å². The van der Waals surface area contributed by atoms with Crippen LogP contribution in [-0.4, -0.2) is 56.9 Å². The number of nitrogens with zero attached hydrogens (tertiary/aromatic N) is 3. The van der Waals surface area contributed by atoms with Crippen LogP contribution in [0.2, 0.25) is 0 Å². The summed E-state index contributed by atoms with van der Waals surface area (Å²) in [6.45, 7) is 3.48. The van der Waals surface area contributed by atoms with Crippen LogP contribution in [0.15, 0.2) is 29.5 Å². The third kappa shape index (κ3) is 7.74. The molecule has 10 heteroatoms. The molecule has 0 fully saturated rings. The Morgan fingerprint density at radius 2 is 2.23 bits per heavy atom. The number of amides is 1. The highest BCUT2D eigenvalue weighted by Crippen LogP contribution is 2.25. The Kier molecular flexibility index (Phi) is 9.07. The number of nitrogens with one attached hydrogen (secondary N) is 1. The minimum atomic E-state index is -4.25. The summed E-state index contributed by atoms with van der Waals surface area (Å²) >= 11 is 6.74. The lowest BCUT2D eigenvalue weighted by Crippen LogP contribution is -2.47. The van der Waals surface area contributed by atoms with Crippen molar-refractivity contribution in [2.45, 2.75) is 37.7 Å². The van der Waals surface area contributed by atoms with Crippen LogP contribution in [0.1, 0.15) is 20.3 Å². The summed E-state index contributed by atoms with van der Waals surface area (Å²) in [5.41, 5.74) is 0.534. The largest absolute Gasteiger partial charge is 0.389 e. The fourth-order valence-corrected chi connectivity index (χ4v) is 3.17. The highest BCUT2D eigenvalue weighted by molar-refractivity contribution is 8.00. The summed E-state index contributed by atoms with van der Waals surface area (Å²) < 4.78 is 36.8. The molecule has 1 N–H and O–H groups in total. The van der Waals surface area contributed by atoms with Gasteiger partial charge in [-0.1, -0.05) is 11.6 Å². The molecular weight excluding hydrogens is 389 g/mol. The summed E-state index contributed by atoms with van der Waals surface area (Å²) in [7, 11) is 0. The number of carbonyl (C=O) groups is 1. The van der Waals surface area contributed by atoms with Gasteiger partial charge in [0.05, 0.1) is 23.6 Å². The first-order valence-corrected chi connectivity index (χ1v) is 9.25. The molecule has 1 aromatic rings. The zero-order valence-corrected chi connectivity index (χ0v) is 15.9. The predicted octanol–water partition coefficient (Wildman–Crippen LogP) is 4.29. The SMILES string of the molecule is CCN(C(=O)C(C)SCCC(F)(F)F)C(C=Nc1cccnc1)C(=N)Cl. The first-order chi connectivity index (χ1) is 12.2. The molecule has 0 saturated heterocycles. The number of thioether (sulfide) groups is 1. The van der Waals surface area contributed by atoms with Gasteiger partial charge < -0.3 is 4.90 Å². The van der Waals surface area contributed by atoms with E-state index in [0.29, 0.717) is 5.69 Å². The van der Waals surface area contributed by atoms with Crippen LogP contribution in [0.3, 0.4) is 0 Å². The smallest absolute Gasteiger partial charge is 0.327 e. The fraction of sp³-hybridized carbons (Fsp3) is 0.500. The van der Waals surface area contributed by atoms with E-state index in [4.69, 9.17) is 17.0 Å². The van der Waals surface area contributed by atoms with E-state index in [1.807, 2.05) is 0 Å². The molecule has 1 aromatic heterocycles. The predicted molar refractivity (Wildman–Crippen MR) is 99.7 cm³/mol. The monoisotopic (exact) mass is 408 g/mol. The van der Waals surface area contributed by atoms with E-state index in [9.17, 15) is 18.0 Å². The molecule has 1 heterocycles. The van der Waals surface area contributed by atoms with Crippen molar-refractivity contribution in [1.29, 1.82) is 5.41 Å². The molecule has 0 aromatic carbocycles. The molecule has 0 radical (unpaired) electrons. The molecule has 2 unspecified atom stereocenters. The number of rotatable bonds is 9. The third-order valence-corrected chi connectivity index (χ3v) is 4.70. The second-order valence-corrected chi connectivity index (χ2v) is 7.14. The average Bonchev–Trinajstić information content (AvgIpc) is 2.57. The Morgan fingerprint density at radius 1 is 1.54 bits per heavy atom. The number of hydrogen-bond acceptors (Lipinski definition) is 5. The van der Waals surface area contributed by atoms with Gasteiger partial charge in [-0.2, -0.15) is 13.2 Å². The van der Waals surface area contributed by atoms with Crippen molar-refractivity contribution < 1.29 is 18.0 Å². The van der Waals surface area contributed by atoms with Crippen molar-refractivity contribution >= 4 is 46.3 Å². The maximum absolute atomic E-state index is 12.6. The summed E-state index contributed by atoms with van der Waals surface area (Å²) in [5, 5.41) is 6.72. The van der Waals surface area contributed by atoms with Gasteiger partial charge in [-0.05, 0) is 26.0 Å². The van der Waals surface area contributed by atoms with Crippen LogP contribution in [-0.2, 0) is 4.79 Å². The summed E-state index contributed by atoms with van der Waals surface area (Å²) in [6, 6.07) is 2.50. The average molecular weight is 409 g/mol. The number of aromatic nitrogens is 1. The first-order valence-electron chi connectivity index (χ1n) is 7.82. The molecule has 0 bridgehead atoms. The molecule has 26 heavy (non-hydrogen) atoms. The Morgan fingerprint density at radius 3 is 2.73 bits per heavy atom. The van der Waals surface area contributed by atoms with Gasteiger partial charge in [-0.25, -0.2) is 0 Å². The van der Waals surface area contributed by atoms with E-state index in [1.165, 1.54) is 17.3 Å². The Labute approximate surface area is 159 Å². The minimum absolute atomic E-state index is 0.208. The molecule has 0 aliphatic rings. The number of alkyl halides is 3. The van der Waals surface area contributed by atoms with E-state index >= 15 is 0 Å². The van der Waals surface area contributed by atoms with Gasteiger partial charge in [0.25, 0.3) is 0 Å². The summed E-state index contributed by atoms with van der Waals surface area (Å²) in [5.74, 6) is -0.603. The lowest BCUT2D eigenvalue weighted by molar-refractivity contribution is -0.131. The van der Waals surface area contributed by atoms with Gasteiger partial charge >= 0.3 is 6.18 Å². The normalized spacial score (nSPS) is 14.2. The van der Waals surface area contributed by atoms with Crippen molar-refractivity contribution in [2.24, 2.45) is 4.99 Å². The van der Waals surface area contributed by atoms with Crippen LogP contribution in [0, 0.1) is 5.41 Å². The van der Waals surface area contributed by atoms with Gasteiger partial charge in [-0.3, -0.25) is 20.2 Å². The van der Waals surface area contributed by atoms with Crippen molar-refractivity contribution in [3.8, 4) is 0 Å². The van der Waals surface area contributed by atoms with E-state index in [1.54, 1.807) is 32.2 Å². The first kappa shape index (κ1) is 22.4.